The Balaban J connectivity index is 1.81. The first-order valence-electron chi connectivity index (χ1n) is 5.79. The minimum absolute atomic E-state index is 0.393. The fraction of sp³-hybridized carbons (Fsp3) is 0.538. The van der Waals surface area contributed by atoms with E-state index in [0.717, 1.165) is 30.9 Å². The Kier molecular flexibility index (Phi) is 3.80. The fourth-order valence-electron chi connectivity index (χ4n) is 1.92. The maximum atomic E-state index is 5.82. The first-order chi connectivity index (χ1) is 7.83. The van der Waals surface area contributed by atoms with E-state index in [1.165, 1.54) is 0 Å². The molecule has 1 aliphatic heterocycles. The average Bonchev–Trinajstić information content (AvgIpc) is 2.28. The number of rotatable bonds is 5. The van der Waals surface area contributed by atoms with E-state index in [2.05, 4.69) is 17.9 Å². The Bertz CT molecular complexity index is 334. The van der Waals surface area contributed by atoms with Gasteiger partial charge in [-0.15, -0.1) is 0 Å². The van der Waals surface area contributed by atoms with Gasteiger partial charge in [-0.3, -0.25) is 4.90 Å². The Hall–Kier alpha value is -1.06. The van der Waals surface area contributed by atoms with Gasteiger partial charge in [0.25, 0.3) is 0 Å². The van der Waals surface area contributed by atoms with Gasteiger partial charge in [-0.1, -0.05) is 25.1 Å². The molecular weight excluding hydrogens is 202 g/mol. The molecular formula is C13H19NO2. The lowest BCUT2D eigenvalue weighted by Gasteiger charge is -2.38. The summed E-state index contributed by atoms with van der Waals surface area (Å²) in [5.74, 6) is 0.911. The minimum Gasteiger partial charge on any atom is -0.496 e. The lowest BCUT2D eigenvalue weighted by atomic mass is 10.1. The molecule has 1 fully saturated rings. The predicted molar refractivity (Wildman–Crippen MR) is 63.7 cm³/mol. The van der Waals surface area contributed by atoms with Crippen molar-refractivity contribution in [3.63, 3.8) is 0 Å². The van der Waals surface area contributed by atoms with Gasteiger partial charge in [0, 0.05) is 18.7 Å². The Morgan fingerprint density at radius 1 is 1.31 bits per heavy atom. The highest BCUT2D eigenvalue weighted by molar-refractivity contribution is 5.32. The second-order valence-electron chi connectivity index (χ2n) is 4.10. The van der Waals surface area contributed by atoms with Gasteiger partial charge >= 0.3 is 0 Å². The Morgan fingerprint density at radius 2 is 2.06 bits per heavy atom. The third-order valence-electron chi connectivity index (χ3n) is 3.04. The molecule has 0 bridgehead atoms. The van der Waals surface area contributed by atoms with Crippen molar-refractivity contribution < 1.29 is 9.47 Å². The monoisotopic (exact) mass is 221 g/mol. The highest BCUT2D eigenvalue weighted by Crippen LogP contribution is 2.20. The van der Waals surface area contributed by atoms with E-state index in [4.69, 9.17) is 9.47 Å². The van der Waals surface area contributed by atoms with Gasteiger partial charge < -0.3 is 9.47 Å². The lowest BCUT2D eigenvalue weighted by Crippen LogP contribution is -2.51. The van der Waals surface area contributed by atoms with Crippen LogP contribution < -0.4 is 4.74 Å². The van der Waals surface area contributed by atoms with Crippen molar-refractivity contribution >= 4 is 0 Å². The molecule has 3 heteroatoms. The maximum absolute atomic E-state index is 5.82. The van der Waals surface area contributed by atoms with Crippen molar-refractivity contribution in [2.24, 2.45) is 0 Å². The molecule has 1 heterocycles. The summed E-state index contributed by atoms with van der Waals surface area (Å²) in [5, 5.41) is 0. The summed E-state index contributed by atoms with van der Waals surface area (Å²) in [7, 11) is 1.70. The second-order valence-corrected chi connectivity index (χ2v) is 4.10. The third kappa shape index (κ3) is 2.54. The van der Waals surface area contributed by atoms with E-state index in [9.17, 15) is 0 Å². The van der Waals surface area contributed by atoms with Crippen molar-refractivity contribution in [3.05, 3.63) is 29.8 Å². The van der Waals surface area contributed by atoms with Crippen LogP contribution in [-0.2, 0) is 11.3 Å². The number of benzene rings is 1. The zero-order valence-electron chi connectivity index (χ0n) is 9.98. The lowest BCUT2D eigenvalue weighted by molar-refractivity contribution is -0.0606. The molecule has 0 N–H and O–H groups in total. The molecule has 3 nitrogen and oxygen atoms in total. The van der Waals surface area contributed by atoms with E-state index in [0.29, 0.717) is 12.7 Å². The quantitative estimate of drug-likeness (QED) is 0.758. The summed E-state index contributed by atoms with van der Waals surface area (Å²) in [6.07, 6.45) is 0.393. The van der Waals surface area contributed by atoms with Gasteiger partial charge in [-0.2, -0.15) is 0 Å². The minimum atomic E-state index is 0.393. The number of para-hydroxylation sites is 1. The van der Waals surface area contributed by atoms with Gasteiger partial charge in [0.15, 0.2) is 0 Å². The standard InChI is InChI=1S/C13H19NO2/c1-3-14-8-12(9-14)16-10-11-6-4-5-7-13(11)15-2/h4-7,12H,3,8-10H2,1-2H3. The molecule has 0 unspecified atom stereocenters. The Morgan fingerprint density at radius 3 is 2.75 bits per heavy atom. The third-order valence-corrected chi connectivity index (χ3v) is 3.04. The Labute approximate surface area is 97.0 Å². The molecule has 88 valence electrons. The van der Waals surface area contributed by atoms with Crippen LogP contribution in [0.5, 0.6) is 5.75 Å². The van der Waals surface area contributed by atoms with Crippen LogP contribution in [0, 0.1) is 0 Å². The largest absolute Gasteiger partial charge is 0.496 e. The molecule has 0 atom stereocenters. The highest BCUT2D eigenvalue weighted by Gasteiger charge is 2.25. The second kappa shape index (κ2) is 5.32. The molecule has 1 saturated heterocycles. The smallest absolute Gasteiger partial charge is 0.124 e. The predicted octanol–water partition coefficient (Wildman–Crippen LogP) is 1.92. The van der Waals surface area contributed by atoms with E-state index in [-0.39, 0.29) is 0 Å². The van der Waals surface area contributed by atoms with E-state index in [1.807, 2.05) is 18.2 Å². The van der Waals surface area contributed by atoms with Crippen LogP contribution in [0.3, 0.4) is 0 Å². The zero-order chi connectivity index (χ0) is 11.4. The number of hydrogen-bond donors (Lipinski definition) is 0. The van der Waals surface area contributed by atoms with Crippen LogP contribution in [0.15, 0.2) is 24.3 Å². The van der Waals surface area contributed by atoms with Crippen LogP contribution in [0.25, 0.3) is 0 Å². The van der Waals surface area contributed by atoms with Gasteiger partial charge in [0.1, 0.15) is 5.75 Å². The van der Waals surface area contributed by atoms with Crippen molar-refractivity contribution in [3.8, 4) is 5.75 Å². The molecule has 0 aromatic heterocycles. The van der Waals surface area contributed by atoms with Gasteiger partial charge in [0.2, 0.25) is 0 Å². The first-order valence-corrected chi connectivity index (χ1v) is 5.79. The molecule has 1 aromatic rings. The zero-order valence-corrected chi connectivity index (χ0v) is 9.98. The SMILES string of the molecule is CCN1CC(OCc2ccccc2OC)C1. The average molecular weight is 221 g/mol. The summed E-state index contributed by atoms with van der Waals surface area (Å²) in [6.45, 7) is 6.06. The highest BCUT2D eigenvalue weighted by atomic mass is 16.5. The number of methoxy groups -OCH3 is 1. The summed E-state index contributed by atoms with van der Waals surface area (Å²) < 4.78 is 11.1. The number of likely N-dealkylation sites (N-methyl/N-ethyl adjacent to an activating group) is 1. The van der Waals surface area contributed by atoms with Crippen molar-refractivity contribution in [2.45, 2.75) is 19.6 Å². The molecule has 0 radical (unpaired) electrons. The van der Waals surface area contributed by atoms with Crippen molar-refractivity contribution in [1.82, 2.24) is 4.90 Å². The summed E-state index contributed by atoms with van der Waals surface area (Å²) >= 11 is 0. The van der Waals surface area contributed by atoms with E-state index in [1.54, 1.807) is 7.11 Å². The number of likely N-dealkylation sites (tertiary alicyclic amines) is 1. The van der Waals surface area contributed by atoms with E-state index >= 15 is 0 Å². The van der Waals surface area contributed by atoms with Gasteiger partial charge in [-0.05, 0) is 12.6 Å². The molecule has 1 aromatic carbocycles. The number of ether oxygens (including phenoxy) is 2. The van der Waals surface area contributed by atoms with Crippen molar-refractivity contribution in [1.29, 1.82) is 0 Å². The summed E-state index contributed by atoms with van der Waals surface area (Å²) in [6, 6.07) is 8.01. The van der Waals surface area contributed by atoms with Gasteiger partial charge in [0.05, 0.1) is 19.8 Å². The molecule has 16 heavy (non-hydrogen) atoms. The molecule has 2 rings (SSSR count). The van der Waals surface area contributed by atoms with Crippen LogP contribution in [0.2, 0.25) is 0 Å². The maximum Gasteiger partial charge on any atom is 0.124 e. The first kappa shape index (κ1) is 11.4. The van der Waals surface area contributed by atoms with E-state index < -0.39 is 0 Å². The summed E-state index contributed by atoms with van der Waals surface area (Å²) in [4.78, 5) is 2.37. The van der Waals surface area contributed by atoms with Crippen molar-refractivity contribution in [2.75, 3.05) is 26.7 Å². The van der Waals surface area contributed by atoms with Crippen LogP contribution in [0.1, 0.15) is 12.5 Å². The topological polar surface area (TPSA) is 21.7 Å². The molecule has 0 saturated carbocycles. The fourth-order valence-corrected chi connectivity index (χ4v) is 1.92. The molecule has 1 aliphatic rings. The normalized spacial score (nSPS) is 17.1. The molecule has 0 spiro atoms. The van der Waals surface area contributed by atoms with Crippen LogP contribution >= 0.6 is 0 Å². The van der Waals surface area contributed by atoms with Crippen LogP contribution in [-0.4, -0.2) is 37.7 Å². The number of hydrogen-bond acceptors (Lipinski definition) is 3. The summed E-state index contributed by atoms with van der Waals surface area (Å²) in [5.41, 5.74) is 1.12. The van der Waals surface area contributed by atoms with Crippen LogP contribution in [0.4, 0.5) is 0 Å². The molecule has 0 amide bonds. The number of nitrogens with zero attached hydrogens (tertiary/aromatic N) is 1. The van der Waals surface area contributed by atoms with Gasteiger partial charge in [-0.25, -0.2) is 0 Å². The molecule has 0 aliphatic carbocycles.